The third-order valence-electron chi connectivity index (χ3n) is 6.59. The predicted octanol–water partition coefficient (Wildman–Crippen LogP) is 5.15. The van der Waals surface area contributed by atoms with Crippen molar-refractivity contribution in [2.75, 3.05) is 6.61 Å². The Morgan fingerprint density at radius 3 is 2.77 bits per heavy atom. The highest BCUT2D eigenvalue weighted by Gasteiger charge is 2.56. The summed E-state index contributed by atoms with van der Waals surface area (Å²) < 4.78 is 18.0. The summed E-state index contributed by atoms with van der Waals surface area (Å²) in [5.74, 6) is 1.55. The highest BCUT2D eigenvalue weighted by atomic mass is 16.5. The van der Waals surface area contributed by atoms with Crippen molar-refractivity contribution in [1.29, 1.82) is 0 Å². The van der Waals surface area contributed by atoms with E-state index in [1.165, 1.54) is 5.56 Å². The number of hydrogen-bond acceptors (Lipinski definition) is 4. The molecule has 0 aromatic carbocycles. The zero-order valence-electron chi connectivity index (χ0n) is 16.9. The van der Waals surface area contributed by atoms with Crippen LogP contribution in [0.1, 0.15) is 70.5 Å². The highest BCUT2D eigenvalue weighted by molar-refractivity contribution is 5.82. The molecule has 0 saturated heterocycles. The number of esters is 1. The summed E-state index contributed by atoms with van der Waals surface area (Å²) in [6, 6.07) is 0. The van der Waals surface area contributed by atoms with Gasteiger partial charge in [0.1, 0.15) is 11.9 Å². The lowest BCUT2D eigenvalue weighted by molar-refractivity contribution is -0.174. The SMILES string of the molecule is CCO[C@@H]1c2c(C)coc2C[C@H]2CC[C@H](OC(=O)C=C(C)C)[C@H](C)[C@]21C. The molecule has 0 amide bonds. The average Bonchev–Trinajstić information content (AvgIpc) is 2.92. The smallest absolute Gasteiger partial charge is 0.330 e. The molecule has 1 aromatic rings. The standard InChI is InChI=1S/C22H32O4/c1-7-24-21-20-14(4)12-25-18(20)11-16-8-9-17(15(5)22(16,21)6)26-19(23)10-13(2)3/h10,12,15-17,21H,7-9,11H2,1-6H3/t15-,16+,17-,21+,22+/m0/s1. The van der Waals surface area contributed by atoms with Crippen LogP contribution in [0, 0.1) is 24.2 Å². The number of hydrogen-bond donors (Lipinski definition) is 0. The molecule has 2 aliphatic rings. The van der Waals surface area contributed by atoms with Gasteiger partial charge in [0.25, 0.3) is 0 Å². The zero-order valence-corrected chi connectivity index (χ0v) is 16.9. The quantitative estimate of drug-likeness (QED) is 0.550. The van der Waals surface area contributed by atoms with E-state index in [4.69, 9.17) is 13.9 Å². The van der Waals surface area contributed by atoms with E-state index >= 15 is 0 Å². The molecule has 0 radical (unpaired) electrons. The molecule has 5 atom stereocenters. The Bertz CT molecular complexity index is 697. The summed E-state index contributed by atoms with van der Waals surface area (Å²) in [5.41, 5.74) is 3.26. The van der Waals surface area contributed by atoms with Gasteiger partial charge in [0.15, 0.2) is 0 Å². The molecular formula is C22H32O4. The van der Waals surface area contributed by atoms with Gasteiger partial charge in [-0.25, -0.2) is 4.79 Å². The molecule has 1 saturated carbocycles. The van der Waals surface area contributed by atoms with Gasteiger partial charge in [0.2, 0.25) is 0 Å². The average molecular weight is 360 g/mol. The number of carbonyl (C=O) groups is 1. The van der Waals surface area contributed by atoms with Gasteiger partial charge in [0, 0.05) is 36.0 Å². The molecule has 1 heterocycles. The van der Waals surface area contributed by atoms with Crippen LogP contribution in [0.4, 0.5) is 0 Å². The van der Waals surface area contributed by atoms with E-state index in [-0.39, 0.29) is 29.5 Å². The zero-order chi connectivity index (χ0) is 19.1. The van der Waals surface area contributed by atoms with Crippen LogP contribution in [0.25, 0.3) is 0 Å². The molecule has 4 nitrogen and oxygen atoms in total. The first-order valence-electron chi connectivity index (χ1n) is 9.82. The third-order valence-corrected chi connectivity index (χ3v) is 6.59. The van der Waals surface area contributed by atoms with E-state index in [2.05, 4.69) is 20.8 Å². The molecule has 26 heavy (non-hydrogen) atoms. The molecule has 4 heteroatoms. The number of aryl methyl sites for hydroxylation is 1. The van der Waals surface area contributed by atoms with Gasteiger partial charge >= 0.3 is 5.97 Å². The Labute approximate surface area is 156 Å². The van der Waals surface area contributed by atoms with E-state index in [9.17, 15) is 4.79 Å². The number of fused-ring (bicyclic) bond motifs is 2. The van der Waals surface area contributed by atoms with E-state index in [1.54, 1.807) is 6.08 Å². The van der Waals surface area contributed by atoms with Crippen molar-refractivity contribution in [1.82, 2.24) is 0 Å². The Morgan fingerprint density at radius 2 is 2.12 bits per heavy atom. The molecule has 3 rings (SSSR count). The molecular weight excluding hydrogens is 328 g/mol. The van der Waals surface area contributed by atoms with Gasteiger partial charge in [-0.2, -0.15) is 0 Å². The molecule has 1 fully saturated rings. The van der Waals surface area contributed by atoms with Crippen molar-refractivity contribution in [3.05, 3.63) is 34.8 Å². The largest absolute Gasteiger partial charge is 0.469 e. The maximum absolute atomic E-state index is 12.2. The maximum Gasteiger partial charge on any atom is 0.330 e. The van der Waals surface area contributed by atoms with E-state index in [1.807, 2.05) is 27.0 Å². The lowest BCUT2D eigenvalue weighted by atomic mass is 9.53. The number of ether oxygens (including phenoxy) is 2. The van der Waals surface area contributed by atoms with Gasteiger partial charge in [-0.15, -0.1) is 0 Å². The molecule has 1 aromatic heterocycles. The van der Waals surface area contributed by atoms with Crippen LogP contribution in [-0.4, -0.2) is 18.7 Å². The van der Waals surface area contributed by atoms with E-state index in [0.29, 0.717) is 12.5 Å². The van der Waals surface area contributed by atoms with Crippen LogP contribution in [0.2, 0.25) is 0 Å². The Morgan fingerprint density at radius 1 is 1.38 bits per heavy atom. The first kappa shape index (κ1) is 19.2. The minimum absolute atomic E-state index is 0.0139. The summed E-state index contributed by atoms with van der Waals surface area (Å²) in [7, 11) is 0. The molecule has 2 aliphatic carbocycles. The molecule has 0 unspecified atom stereocenters. The minimum Gasteiger partial charge on any atom is -0.469 e. The molecule has 0 spiro atoms. The van der Waals surface area contributed by atoms with Crippen LogP contribution in [0.5, 0.6) is 0 Å². The Kier molecular flexibility index (Phi) is 5.34. The van der Waals surface area contributed by atoms with Crippen LogP contribution in [-0.2, 0) is 20.7 Å². The molecule has 144 valence electrons. The Hall–Kier alpha value is -1.55. The van der Waals surface area contributed by atoms with Crippen molar-refractivity contribution < 1.29 is 18.7 Å². The second-order valence-corrected chi connectivity index (χ2v) is 8.42. The van der Waals surface area contributed by atoms with Gasteiger partial charge in [-0.3, -0.25) is 0 Å². The van der Waals surface area contributed by atoms with Gasteiger partial charge in [0.05, 0.1) is 12.4 Å². The van der Waals surface area contributed by atoms with Crippen LogP contribution < -0.4 is 0 Å². The normalized spacial score (nSPS) is 33.2. The van der Waals surface area contributed by atoms with Gasteiger partial charge in [-0.1, -0.05) is 19.4 Å². The monoisotopic (exact) mass is 360 g/mol. The number of rotatable bonds is 4. The first-order valence-corrected chi connectivity index (χ1v) is 9.82. The third kappa shape index (κ3) is 3.13. The van der Waals surface area contributed by atoms with Crippen molar-refractivity contribution in [2.45, 2.75) is 73.0 Å². The molecule has 0 N–H and O–H groups in total. The van der Waals surface area contributed by atoms with Crippen molar-refractivity contribution in [3.63, 3.8) is 0 Å². The summed E-state index contributed by atoms with van der Waals surface area (Å²) in [6.07, 6.45) is 6.22. The Balaban J connectivity index is 1.93. The van der Waals surface area contributed by atoms with Crippen LogP contribution >= 0.6 is 0 Å². The lowest BCUT2D eigenvalue weighted by Gasteiger charge is -2.55. The highest BCUT2D eigenvalue weighted by Crippen LogP contribution is 2.59. The fourth-order valence-electron chi connectivity index (χ4n) is 5.04. The second-order valence-electron chi connectivity index (χ2n) is 8.42. The summed E-state index contributed by atoms with van der Waals surface area (Å²) in [4.78, 5) is 12.2. The fourth-order valence-corrected chi connectivity index (χ4v) is 5.04. The number of furan rings is 1. The molecule has 0 bridgehead atoms. The minimum atomic E-state index is -0.229. The summed E-state index contributed by atoms with van der Waals surface area (Å²) >= 11 is 0. The second kappa shape index (κ2) is 7.22. The topological polar surface area (TPSA) is 48.7 Å². The summed E-state index contributed by atoms with van der Waals surface area (Å²) in [5, 5.41) is 0. The van der Waals surface area contributed by atoms with E-state index in [0.717, 1.165) is 36.2 Å². The molecule has 0 aliphatic heterocycles. The number of carbonyl (C=O) groups excluding carboxylic acids is 1. The van der Waals surface area contributed by atoms with Gasteiger partial charge < -0.3 is 13.9 Å². The van der Waals surface area contributed by atoms with Crippen molar-refractivity contribution >= 4 is 5.97 Å². The van der Waals surface area contributed by atoms with Crippen LogP contribution in [0.15, 0.2) is 22.3 Å². The fraction of sp³-hybridized carbons (Fsp3) is 0.682. The van der Waals surface area contributed by atoms with Gasteiger partial charge in [-0.05, 0) is 52.0 Å². The van der Waals surface area contributed by atoms with Crippen molar-refractivity contribution in [2.24, 2.45) is 17.3 Å². The lowest BCUT2D eigenvalue weighted by Crippen LogP contribution is -2.52. The predicted molar refractivity (Wildman–Crippen MR) is 101 cm³/mol. The maximum atomic E-state index is 12.2. The number of allylic oxidation sites excluding steroid dienone is 1. The summed E-state index contributed by atoms with van der Waals surface area (Å²) in [6.45, 7) is 13.2. The first-order chi connectivity index (χ1) is 12.3. The van der Waals surface area contributed by atoms with Crippen LogP contribution in [0.3, 0.4) is 0 Å². The van der Waals surface area contributed by atoms with Crippen molar-refractivity contribution in [3.8, 4) is 0 Å². The van der Waals surface area contributed by atoms with E-state index < -0.39 is 0 Å².